The van der Waals surface area contributed by atoms with Gasteiger partial charge in [-0.05, 0) is 61.9 Å². The predicted octanol–water partition coefficient (Wildman–Crippen LogP) is 7.35. The highest BCUT2D eigenvalue weighted by Gasteiger charge is 2.09. The summed E-state index contributed by atoms with van der Waals surface area (Å²) in [6, 6.07) is 16.1. The lowest BCUT2D eigenvalue weighted by molar-refractivity contribution is 0.242. The number of para-hydroxylation sites is 1. The van der Waals surface area contributed by atoms with E-state index >= 15 is 0 Å². The Morgan fingerprint density at radius 2 is 1.76 bits per heavy atom. The minimum atomic E-state index is -0.293. The summed E-state index contributed by atoms with van der Waals surface area (Å²) >= 11 is 0. The van der Waals surface area contributed by atoms with Crippen molar-refractivity contribution in [1.29, 1.82) is 0 Å². The molecule has 0 unspecified atom stereocenters. The van der Waals surface area contributed by atoms with E-state index in [1.165, 1.54) is 6.07 Å². The molecule has 0 radical (unpaired) electrons. The summed E-state index contributed by atoms with van der Waals surface area (Å²) in [7, 11) is 1.57. The number of pyridine rings is 1. The summed E-state index contributed by atoms with van der Waals surface area (Å²) in [5, 5.41) is 6.36. The molecule has 0 aliphatic heterocycles. The summed E-state index contributed by atoms with van der Waals surface area (Å²) in [6.07, 6.45) is 1.70. The summed E-state index contributed by atoms with van der Waals surface area (Å²) in [6.45, 7) is 16.4. The lowest BCUT2D eigenvalue weighted by atomic mass is 10.1. The quantitative estimate of drug-likeness (QED) is 0.308. The first-order valence-electron chi connectivity index (χ1n) is 11.3. The first kappa shape index (κ1) is 26.5. The Kier molecular flexibility index (Phi) is 10.1. The summed E-state index contributed by atoms with van der Waals surface area (Å²) in [5.74, 6) is 1.61. The van der Waals surface area contributed by atoms with Crippen LogP contribution in [0.15, 0.2) is 74.0 Å². The molecule has 0 aliphatic rings. The van der Waals surface area contributed by atoms with Crippen molar-refractivity contribution in [1.82, 2.24) is 4.98 Å². The van der Waals surface area contributed by atoms with Gasteiger partial charge in [-0.3, -0.25) is 0 Å². The number of nitrogens with one attached hydrogen (secondary N) is 2. The van der Waals surface area contributed by atoms with Crippen LogP contribution in [0, 0.1) is 5.82 Å². The SMILES string of the molecule is C=C(Nc1ccc(C(=C)OC)cn1)c1cc(CNc2ccccc2F)cc(OC(C)C)c1.CC. The second-order valence-electron chi connectivity index (χ2n) is 7.53. The van der Waals surface area contributed by atoms with Gasteiger partial charge in [0.15, 0.2) is 0 Å². The molecule has 0 atom stereocenters. The number of hydrogen-bond donors (Lipinski definition) is 2. The highest BCUT2D eigenvalue weighted by atomic mass is 19.1. The van der Waals surface area contributed by atoms with Gasteiger partial charge >= 0.3 is 0 Å². The average molecular weight is 464 g/mol. The van der Waals surface area contributed by atoms with Gasteiger partial charge < -0.3 is 20.1 Å². The fraction of sp³-hybridized carbons (Fsp3) is 0.250. The van der Waals surface area contributed by atoms with Crippen LogP contribution in [0.25, 0.3) is 11.5 Å². The number of aromatic nitrogens is 1. The average Bonchev–Trinajstić information content (AvgIpc) is 2.84. The van der Waals surface area contributed by atoms with Crippen LogP contribution in [-0.2, 0) is 11.3 Å². The predicted molar refractivity (Wildman–Crippen MR) is 140 cm³/mol. The molecule has 2 aromatic carbocycles. The van der Waals surface area contributed by atoms with Crippen molar-refractivity contribution in [2.75, 3.05) is 17.7 Å². The molecule has 5 nitrogen and oxygen atoms in total. The Bertz CT molecular complexity index is 1100. The maximum absolute atomic E-state index is 14.0. The smallest absolute Gasteiger partial charge is 0.146 e. The molecule has 3 rings (SSSR count). The Hall–Kier alpha value is -3.80. The second kappa shape index (κ2) is 13.0. The molecular weight excluding hydrogens is 429 g/mol. The van der Waals surface area contributed by atoms with Gasteiger partial charge in [0.1, 0.15) is 23.1 Å². The van der Waals surface area contributed by atoms with Crippen LogP contribution in [0.3, 0.4) is 0 Å². The minimum Gasteiger partial charge on any atom is -0.497 e. The van der Waals surface area contributed by atoms with Gasteiger partial charge in [-0.25, -0.2) is 9.37 Å². The standard InChI is InChI=1S/C26H28FN3O2.C2H6/c1-17(2)32-23-13-20(15-28-25-9-7-6-8-24(25)27)12-22(14-23)18(3)30-26-11-10-21(16-29-26)19(4)31-5;1-2/h6-14,16-17,28H,3-4,15H2,1-2,5H3,(H,29,30);1-2H3. The van der Waals surface area contributed by atoms with Crippen molar-refractivity contribution in [3.8, 4) is 5.75 Å². The van der Waals surface area contributed by atoms with E-state index < -0.39 is 0 Å². The van der Waals surface area contributed by atoms with E-state index in [-0.39, 0.29) is 11.9 Å². The van der Waals surface area contributed by atoms with E-state index in [0.29, 0.717) is 35.3 Å². The fourth-order valence-corrected chi connectivity index (χ4v) is 3.06. The molecule has 0 saturated heterocycles. The highest BCUT2D eigenvalue weighted by molar-refractivity contribution is 5.75. The van der Waals surface area contributed by atoms with Gasteiger partial charge in [0.05, 0.1) is 18.9 Å². The maximum Gasteiger partial charge on any atom is 0.146 e. The molecule has 1 aromatic heterocycles. The molecule has 2 N–H and O–H groups in total. The van der Waals surface area contributed by atoms with Crippen LogP contribution in [-0.4, -0.2) is 18.2 Å². The topological polar surface area (TPSA) is 55.4 Å². The van der Waals surface area contributed by atoms with Crippen molar-refractivity contribution >= 4 is 23.0 Å². The van der Waals surface area contributed by atoms with Crippen molar-refractivity contribution < 1.29 is 13.9 Å². The van der Waals surface area contributed by atoms with Gasteiger partial charge in [0.25, 0.3) is 0 Å². The number of rotatable bonds is 10. The molecule has 34 heavy (non-hydrogen) atoms. The number of hydrogen-bond acceptors (Lipinski definition) is 5. The molecule has 0 amide bonds. The van der Waals surface area contributed by atoms with E-state index in [9.17, 15) is 4.39 Å². The van der Waals surface area contributed by atoms with Gasteiger partial charge in [-0.1, -0.05) is 39.1 Å². The molecular formula is C28H34FN3O2. The molecule has 0 saturated carbocycles. The van der Waals surface area contributed by atoms with E-state index in [2.05, 4.69) is 28.8 Å². The van der Waals surface area contributed by atoms with E-state index in [4.69, 9.17) is 9.47 Å². The minimum absolute atomic E-state index is 0.0157. The number of methoxy groups -OCH3 is 1. The van der Waals surface area contributed by atoms with Crippen molar-refractivity contribution in [3.63, 3.8) is 0 Å². The Labute approximate surface area is 202 Å². The Balaban J connectivity index is 0.00000199. The lowest BCUT2D eigenvalue weighted by Crippen LogP contribution is -2.08. The molecule has 0 spiro atoms. The van der Waals surface area contributed by atoms with Gasteiger partial charge in [0.2, 0.25) is 0 Å². The monoisotopic (exact) mass is 463 g/mol. The largest absolute Gasteiger partial charge is 0.497 e. The first-order chi connectivity index (χ1) is 16.4. The van der Waals surface area contributed by atoms with Crippen LogP contribution in [0.5, 0.6) is 5.75 Å². The third-order valence-corrected chi connectivity index (χ3v) is 4.65. The zero-order valence-electron chi connectivity index (χ0n) is 20.6. The lowest BCUT2D eigenvalue weighted by Gasteiger charge is -2.16. The zero-order chi connectivity index (χ0) is 25.1. The second-order valence-corrected chi connectivity index (χ2v) is 7.53. The van der Waals surface area contributed by atoms with Gasteiger partial charge in [0, 0.05) is 29.6 Å². The summed E-state index contributed by atoms with van der Waals surface area (Å²) in [4.78, 5) is 4.39. The molecule has 6 heteroatoms. The molecule has 180 valence electrons. The van der Waals surface area contributed by atoms with Crippen molar-refractivity contribution in [3.05, 3.63) is 96.5 Å². The molecule has 0 aliphatic carbocycles. The molecule has 1 heterocycles. The van der Waals surface area contributed by atoms with Gasteiger partial charge in [-0.2, -0.15) is 0 Å². The summed E-state index contributed by atoms with van der Waals surface area (Å²) in [5.41, 5.74) is 3.70. The Morgan fingerprint density at radius 1 is 1.03 bits per heavy atom. The fourth-order valence-electron chi connectivity index (χ4n) is 3.06. The number of nitrogens with zero attached hydrogens (tertiary/aromatic N) is 1. The van der Waals surface area contributed by atoms with Crippen LogP contribution < -0.4 is 15.4 Å². The van der Waals surface area contributed by atoms with Crippen LogP contribution in [0.1, 0.15) is 44.4 Å². The number of ether oxygens (including phenoxy) is 2. The van der Waals surface area contributed by atoms with E-state index in [1.807, 2.05) is 58.0 Å². The van der Waals surface area contributed by atoms with Crippen LogP contribution >= 0.6 is 0 Å². The Morgan fingerprint density at radius 3 is 2.38 bits per heavy atom. The maximum atomic E-state index is 14.0. The molecule has 3 aromatic rings. The third kappa shape index (κ3) is 7.66. The summed E-state index contributed by atoms with van der Waals surface area (Å²) < 4.78 is 25.0. The van der Waals surface area contributed by atoms with Crippen LogP contribution in [0.2, 0.25) is 0 Å². The third-order valence-electron chi connectivity index (χ3n) is 4.65. The van der Waals surface area contributed by atoms with E-state index in [0.717, 1.165) is 16.7 Å². The molecule has 0 fully saturated rings. The van der Waals surface area contributed by atoms with Crippen molar-refractivity contribution in [2.45, 2.75) is 40.3 Å². The van der Waals surface area contributed by atoms with Crippen molar-refractivity contribution in [2.24, 2.45) is 0 Å². The highest BCUT2D eigenvalue weighted by Crippen LogP contribution is 2.25. The zero-order valence-corrected chi connectivity index (χ0v) is 20.6. The first-order valence-corrected chi connectivity index (χ1v) is 11.3. The number of halogens is 1. The number of benzene rings is 2. The van der Waals surface area contributed by atoms with Crippen LogP contribution in [0.4, 0.5) is 15.9 Å². The number of anilines is 2. The normalized spacial score (nSPS) is 10.1. The molecule has 0 bridgehead atoms. The van der Waals surface area contributed by atoms with Gasteiger partial charge in [-0.15, -0.1) is 0 Å². The van der Waals surface area contributed by atoms with E-state index in [1.54, 1.807) is 31.5 Å².